The third-order valence-corrected chi connectivity index (χ3v) is 3.56. The van der Waals surface area contributed by atoms with E-state index in [2.05, 4.69) is 31.1 Å². The molecule has 0 aliphatic rings. The van der Waals surface area contributed by atoms with Crippen molar-refractivity contribution in [1.82, 2.24) is 10.2 Å². The van der Waals surface area contributed by atoms with Crippen molar-refractivity contribution in [2.75, 3.05) is 33.3 Å². The van der Waals surface area contributed by atoms with Gasteiger partial charge in [-0.1, -0.05) is 12.1 Å². The molecule has 1 aromatic rings. The monoisotopic (exact) mass is 294 g/mol. The fourth-order valence-corrected chi connectivity index (χ4v) is 1.94. The van der Waals surface area contributed by atoms with Crippen LogP contribution in [0.5, 0.6) is 5.75 Å². The largest absolute Gasteiger partial charge is 0.491 e. The molecule has 1 unspecified atom stereocenters. The molecule has 0 aromatic heterocycles. The molecule has 1 rings (SSSR count). The quantitative estimate of drug-likeness (QED) is 0.648. The molecular weight excluding hydrogens is 264 g/mol. The van der Waals surface area contributed by atoms with E-state index in [1.54, 1.807) is 0 Å². The number of hydrogen-bond acceptors (Lipinski definition) is 4. The van der Waals surface area contributed by atoms with Gasteiger partial charge in [0.1, 0.15) is 18.5 Å². The van der Waals surface area contributed by atoms with E-state index in [1.165, 1.54) is 0 Å². The van der Waals surface area contributed by atoms with E-state index in [-0.39, 0.29) is 0 Å². The summed E-state index contributed by atoms with van der Waals surface area (Å²) in [6.07, 6.45) is 0.605. The Balaban J connectivity index is 2.07. The summed E-state index contributed by atoms with van der Waals surface area (Å²) < 4.78 is 5.58. The highest BCUT2D eigenvalue weighted by Gasteiger charge is 2.06. The summed E-state index contributed by atoms with van der Waals surface area (Å²) >= 11 is 0. The lowest BCUT2D eigenvalue weighted by atomic mass is 10.2. The minimum absolute atomic E-state index is 0.322. The fourth-order valence-electron chi connectivity index (χ4n) is 1.94. The maximum absolute atomic E-state index is 9.88. The highest BCUT2D eigenvalue weighted by atomic mass is 16.5. The molecule has 0 fully saturated rings. The van der Waals surface area contributed by atoms with Crippen LogP contribution in [0, 0.1) is 6.92 Å². The molecule has 0 amide bonds. The van der Waals surface area contributed by atoms with Crippen molar-refractivity contribution in [3.8, 4) is 5.75 Å². The number of aliphatic hydroxyl groups is 1. The Hall–Kier alpha value is -1.10. The molecule has 0 saturated carbocycles. The van der Waals surface area contributed by atoms with Crippen molar-refractivity contribution in [1.29, 1.82) is 0 Å². The van der Waals surface area contributed by atoms with Crippen LogP contribution in [0.4, 0.5) is 0 Å². The van der Waals surface area contributed by atoms with Gasteiger partial charge in [-0.25, -0.2) is 0 Å². The Labute approximate surface area is 129 Å². The van der Waals surface area contributed by atoms with Gasteiger partial charge in [0.15, 0.2) is 0 Å². The number of ether oxygens (including phenoxy) is 1. The van der Waals surface area contributed by atoms with E-state index in [4.69, 9.17) is 4.74 Å². The van der Waals surface area contributed by atoms with Gasteiger partial charge in [0.2, 0.25) is 0 Å². The van der Waals surface area contributed by atoms with Gasteiger partial charge in [0, 0.05) is 12.6 Å². The lowest BCUT2D eigenvalue weighted by Crippen LogP contribution is -2.34. The average molecular weight is 294 g/mol. The Bertz CT molecular complexity index is 396. The van der Waals surface area contributed by atoms with Crippen LogP contribution in [0.15, 0.2) is 24.3 Å². The molecule has 120 valence electrons. The first-order valence-corrected chi connectivity index (χ1v) is 7.77. The summed E-state index contributed by atoms with van der Waals surface area (Å²) in [6, 6.07) is 8.45. The van der Waals surface area contributed by atoms with Crippen LogP contribution in [0.1, 0.15) is 25.8 Å². The molecule has 0 heterocycles. The number of benzene rings is 1. The zero-order valence-corrected chi connectivity index (χ0v) is 13.8. The van der Waals surface area contributed by atoms with Crippen molar-refractivity contribution in [3.05, 3.63) is 29.8 Å². The first-order valence-electron chi connectivity index (χ1n) is 7.77. The maximum atomic E-state index is 9.88. The van der Waals surface area contributed by atoms with Crippen molar-refractivity contribution in [3.63, 3.8) is 0 Å². The summed E-state index contributed by atoms with van der Waals surface area (Å²) in [5.41, 5.74) is 1.16. The number of aliphatic hydroxyl groups excluding tert-OH is 1. The minimum Gasteiger partial charge on any atom is -0.491 e. The molecule has 2 N–H and O–H groups in total. The molecule has 0 radical (unpaired) electrons. The van der Waals surface area contributed by atoms with Gasteiger partial charge in [-0.2, -0.15) is 0 Å². The maximum Gasteiger partial charge on any atom is 0.119 e. The van der Waals surface area contributed by atoms with Crippen LogP contribution in [0.25, 0.3) is 0 Å². The summed E-state index contributed by atoms with van der Waals surface area (Å²) in [5, 5.41) is 13.1. The van der Waals surface area contributed by atoms with E-state index in [0.29, 0.717) is 19.2 Å². The van der Waals surface area contributed by atoms with Crippen molar-refractivity contribution < 1.29 is 9.84 Å². The Kier molecular flexibility index (Phi) is 8.35. The number of rotatable bonds is 10. The first kappa shape index (κ1) is 18.0. The molecule has 0 saturated heterocycles. The number of nitrogens with zero attached hydrogens (tertiary/aromatic N) is 1. The van der Waals surface area contributed by atoms with E-state index in [0.717, 1.165) is 30.8 Å². The Morgan fingerprint density at radius 3 is 2.76 bits per heavy atom. The average Bonchev–Trinajstić information content (AvgIpc) is 2.44. The van der Waals surface area contributed by atoms with E-state index < -0.39 is 6.10 Å². The molecule has 0 bridgehead atoms. The van der Waals surface area contributed by atoms with Gasteiger partial charge < -0.3 is 20.1 Å². The van der Waals surface area contributed by atoms with Crippen molar-refractivity contribution in [2.24, 2.45) is 0 Å². The lowest BCUT2D eigenvalue weighted by molar-refractivity contribution is 0.106. The van der Waals surface area contributed by atoms with Gasteiger partial charge in [-0.05, 0) is 65.0 Å². The fraction of sp³-hybridized carbons (Fsp3) is 0.647. The van der Waals surface area contributed by atoms with Crippen LogP contribution in [0.3, 0.4) is 0 Å². The normalized spacial score (nSPS) is 12.9. The molecule has 0 spiro atoms. The van der Waals surface area contributed by atoms with Crippen LogP contribution < -0.4 is 10.1 Å². The van der Waals surface area contributed by atoms with Crippen LogP contribution in [0.2, 0.25) is 0 Å². The predicted octanol–water partition coefficient (Wildman–Crippen LogP) is 2.05. The smallest absolute Gasteiger partial charge is 0.119 e. The highest BCUT2D eigenvalue weighted by Crippen LogP contribution is 2.12. The van der Waals surface area contributed by atoms with Crippen LogP contribution in [-0.2, 0) is 0 Å². The van der Waals surface area contributed by atoms with Crippen LogP contribution >= 0.6 is 0 Å². The minimum atomic E-state index is -0.478. The molecule has 1 aromatic carbocycles. The molecular formula is C17H30N2O2. The second-order valence-electron chi connectivity index (χ2n) is 5.91. The summed E-state index contributed by atoms with van der Waals surface area (Å²) in [6.45, 7) is 9.29. The molecule has 4 heteroatoms. The number of hydrogen-bond donors (Lipinski definition) is 2. The third-order valence-electron chi connectivity index (χ3n) is 3.56. The Morgan fingerprint density at radius 2 is 2.10 bits per heavy atom. The van der Waals surface area contributed by atoms with E-state index >= 15 is 0 Å². The lowest BCUT2D eigenvalue weighted by Gasteiger charge is -2.21. The first-order chi connectivity index (χ1) is 9.99. The molecule has 0 aliphatic heterocycles. The highest BCUT2D eigenvalue weighted by molar-refractivity contribution is 5.27. The summed E-state index contributed by atoms with van der Waals surface area (Å²) in [5.74, 6) is 0.813. The van der Waals surface area contributed by atoms with Gasteiger partial charge in [0.05, 0.1) is 0 Å². The van der Waals surface area contributed by atoms with E-state index in [9.17, 15) is 5.11 Å². The SMILES string of the molecule is Cc1cccc(OCC(O)CNCCCN(C)C(C)C)c1. The van der Waals surface area contributed by atoms with Gasteiger partial charge >= 0.3 is 0 Å². The van der Waals surface area contributed by atoms with Crippen LogP contribution in [-0.4, -0.2) is 55.4 Å². The third kappa shape index (κ3) is 8.05. The predicted molar refractivity (Wildman–Crippen MR) is 87.9 cm³/mol. The molecule has 0 aliphatic carbocycles. The molecule has 4 nitrogen and oxygen atoms in total. The van der Waals surface area contributed by atoms with Gasteiger partial charge in [0.25, 0.3) is 0 Å². The van der Waals surface area contributed by atoms with Crippen molar-refractivity contribution in [2.45, 2.75) is 39.3 Å². The molecule has 1 atom stereocenters. The van der Waals surface area contributed by atoms with Gasteiger partial charge in [-0.15, -0.1) is 0 Å². The summed E-state index contributed by atoms with van der Waals surface area (Å²) in [4.78, 5) is 2.32. The number of nitrogens with one attached hydrogen (secondary N) is 1. The zero-order chi connectivity index (χ0) is 15.7. The second kappa shape index (κ2) is 9.77. The van der Waals surface area contributed by atoms with E-state index in [1.807, 2.05) is 31.2 Å². The Morgan fingerprint density at radius 1 is 1.33 bits per heavy atom. The molecule has 21 heavy (non-hydrogen) atoms. The van der Waals surface area contributed by atoms with Gasteiger partial charge in [-0.3, -0.25) is 0 Å². The van der Waals surface area contributed by atoms with Crippen molar-refractivity contribution >= 4 is 0 Å². The second-order valence-corrected chi connectivity index (χ2v) is 5.91. The topological polar surface area (TPSA) is 44.7 Å². The standard InChI is InChI=1S/C17H30N2O2/c1-14(2)19(4)10-6-9-18-12-16(20)13-21-17-8-5-7-15(3)11-17/h5,7-8,11,14,16,18,20H,6,9-10,12-13H2,1-4H3. The zero-order valence-electron chi connectivity index (χ0n) is 13.8. The number of aryl methyl sites for hydroxylation is 1. The summed E-state index contributed by atoms with van der Waals surface area (Å²) in [7, 11) is 2.13.